The maximum absolute atomic E-state index is 10.9. The summed E-state index contributed by atoms with van der Waals surface area (Å²) in [7, 11) is 0. The van der Waals surface area contributed by atoms with Crippen molar-refractivity contribution in [1.29, 1.82) is 0 Å². The molecular formula is C11H8N2O4S. The van der Waals surface area contributed by atoms with Gasteiger partial charge in [0.15, 0.2) is 5.69 Å². The molecule has 0 saturated carbocycles. The summed E-state index contributed by atoms with van der Waals surface area (Å²) in [4.78, 5) is 25.6. The first-order valence-corrected chi connectivity index (χ1v) is 5.76. The van der Waals surface area contributed by atoms with Gasteiger partial charge in [0.1, 0.15) is 5.01 Å². The molecule has 18 heavy (non-hydrogen) atoms. The van der Waals surface area contributed by atoms with Crippen LogP contribution in [0.1, 0.15) is 15.4 Å². The van der Waals surface area contributed by atoms with Gasteiger partial charge in [-0.3, -0.25) is 10.1 Å². The highest BCUT2D eigenvalue weighted by Crippen LogP contribution is 2.29. The van der Waals surface area contributed by atoms with Crippen molar-refractivity contribution >= 4 is 23.0 Å². The number of rotatable bonds is 3. The van der Waals surface area contributed by atoms with E-state index >= 15 is 0 Å². The number of hydrogen-bond donors (Lipinski definition) is 1. The lowest BCUT2D eigenvalue weighted by molar-refractivity contribution is -0.384. The van der Waals surface area contributed by atoms with E-state index in [0.717, 1.165) is 0 Å². The van der Waals surface area contributed by atoms with Crippen LogP contribution in [0.5, 0.6) is 0 Å². The van der Waals surface area contributed by atoms with Gasteiger partial charge in [-0.1, -0.05) is 12.1 Å². The van der Waals surface area contributed by atoms with E-state index in [0.29, 0.717) is 15.4 Å². The summed E-state index contributed by atoms with van der Waals surface area (Å²) >= 11 is 1.20. The topological polar surface area (TPSA) is 93.3 Å². The Morgan fingerprint density at radius 1 is 1.50 bits per heavy atom. The van der Waals surface area contributed by atoms with E-state index < -0.39 is 10.9 Å². The van der Waals surface area contributed by atoms with Crippen molar-refractivity contribution in [1.82, 2.24) is 4.98 Å². The number of carboxylic acids is 1. The van der Waals surface area contributed by atoms with Crippen molar-refractivity contribution in [3.05, 3.63) is 45.0 Å². The Balaban J connectivity index is 2.49. The van der Waals surface area contributed by atoms with Gasteiger partial charge in [-0.05, 0) is 6.92 Å². The zero-order chi connectivity index (χ0) is 13.3. The third-order valence-electron chi connectivity index (χ3n) is 2.30. The molecule has 0 radical (unpaired) electrons. The lowest BCUT2D eigenvalue weighted by Gasteiger charge is -1.95. The minimum Gasteiger partial charge on any atom is -0.476 e. The van der Waals surface area contributed by atoms with Crippen molar-refractivity contribution in [2.75, 3.05) is 0 Å². The molecule has 92 valence electrons. The molecule has 0 saturated heterocycles. The van der Waals surface area contributed by atoms with E-state index in [1.807, 2.05) is 0 Å². The van der Waals surface area contributed by atoms with Gasteiger partial charge >= 0.3 is 5.97 Å². The average molecular weight is 264 g/mol. The van der Waals surface area contributed by atoms with Crippen LogP contribution in [0.4, 0.5) is 5.69 Å². The van der Waals surface area contributed by atoms with Crippen molar-refractivity contribution < 1.29 is 14.8 Å². The summed E-state index contributed by atoms with van der Waals surface area (Å²) in [6.45, 7) is 1.65. The Bertz CT molecular complexity index is 636. The first kappa shape index (κ1) is 12.2. The fraction of sp³-hybridized carbons (Fsp3) is 0.0909. The van der Waals surface area contributed by atoms with Crippen LogP contribution in [-0.4, -0.2) is 21.0 Å². The summed E-state index contributed by atoms with van der Waals surface area (Å²) in [5.41, 5.74) is 0.489. The Morgan fingerprint density at radius 3 is 2.78 bits per heavy atom. The lowest BCUT2D eigenvalue weighted by Crippen LogP contribution is -1.98. The highest BCUT2D eigenvalue weighted by Gasteiger charge is 2.16. The number of nitro benzene ring substituents is 1. The van der Waals surface area contributed by atoms with E-state index in [-0.39, 0.29) is 11.4 Å². The Labute approximate surface area is 106 Å². The molecule has 1 N–H and O–H groups in total. The van der Waals surface area contributed by atoms with E-state index in [2.05, 4.69) is 4.98 Å². The Morgan fingerprint density at radius 2 is 2.22 bits per heavy atom. The van der Waals surface area contributed by atoms with Gasteiger partial charge in [0.2, 0.25) is 0 Å². The monoisotopic (exact) mass is 264 g/mol. The standard InChI is InChI=1S/C11H8N2O4S/c1-6-9(11(14)15)12-10(18-6)7-3-2-4-8(5-7)13(16)17/h2-5H,1H3,(H,14,15). The third-order valence-corrected chi connectivity index (χ3v) is 3.32. The van der Waals surface area contributed by atoms with Crippen molar-refractivity contribution in [3.8, 4) is 10.6 Å². The normalized spacial score (nSPS) is 10.3. The quantitative estimate of drug-likeness (QED) is 0.679. The average Bonchev–Trinajstić information content (AvgIpc) is 2.71. The predicted molar refractivity (Wildman–Crippen MR) is 65.9 cm³/mol. The summed E-state index contributed by atoms with van der Waals surface area (Å²) in [6.07, 6.45) is 0. The van der Waals surface area contributed by atoms with Crippen LogP contribution in [0.2, 0.25) is 0 Å². The van der Waals surface area contributed by atoms with Crippen molar-refractivity contribution in [3.63, 3.8) is 0 Å². The predicted octanol–water partition coefficient (Wildman–Crippen LogP) is 2.72. The molecule has 7 heteroatoms. The van der Waals surface area contributed by atoms with Gasteiger partial charge < -0.3 is 5.11 Å². The van der Waals surface area contributed by atoms with Crippen LogP contribution in [0.25, 0.3) is 10.6 Å². The summed E-state index contributed by atoms with van der Waals surface area (Å²) in [5, 5.41) is 20.0. The van der Waals surface area contributed by atoms with Gasteiger partial charge in [-0.25, -0.2) is 9.78 Å². The zero-order valence-electron chi connectivity index (χ0n) is 9.28. The highest BCUT2D eigenvalue weighted by atomic mass is 32.1. The number of nitro groups is 1. The molecule has 0 aliphatic rings. The van der Waals surface area contributed by atoms with Crippen LogP contribution >= 0.6 is 11.3 Å². The molecule has 1 heterocycles. The summed E-state index contributed by atoms with van der Waals surface area (Å²) < 4.78 is 0. The molecule has 1 aromatic heterocycles. The number of benzene rings is 1. The number of hydrogen-bond acceptors (Lipinski definition) is 5. The minimum atomic E-state index is -1.10. The van der Waals surface area contributed by atoms with Crippen molar-refractivity contribution in [2.24, 2.45) is 0 Å². The number of nitrogens with zero attached hydrogens (tertiary/aromatic N) is 2. The van der Waals surface area contributed by atoms with Crippen LogP contribution in [-0.2, 0) is 0 Å². The number of aryl methyl sites for hydroxylation is 1. The van der Waals surface area contributed by atoms with Crippen LogP contribution in [0.15, 0.2) is 24.3 Å². The Hall–Kier alpha value is -2.28. The zero-order valence-corrected chi connectivity index (χ0v) is 10.1. The Kier molecular flexibility index (Phi) is 3.07. The molecule has 1 aromatic carbocycles. The highest BCUT2D eigenvalue weighted by molar-refractivity contribution is 7.15. The molecule has 0 atom stereocenters. The SMILES string of the molecule is Cc1sc(-c2cccc([N+](=O)[O-])c2)nc1C(=O)O. The fourth-order valence-electron chi connectivity index (χ4n) is 1.47. The van der Waals surface area contributed by atoms with Gasteiger partial charge in [-0.2, -0.15) is 0 Å². The van der Waals surface area contributed by atoms with Gasteiger partial charge in [0, 0.05) is 22.6 Å². The minimum absolute atomic E-state index is 0.0125. The van der Waals surface area contributed by atoms with Gasteiger partial charge in [0.25, 0.3) is 5.69 Å². The molecule has 6 nitrogen and oxygen atoms in total. The molecule has 2 rings (SSSR count). The molecular weight excluding hydrogens is 256 g/mol. The number of aromatic nitrogens is 1. The number of carbonyl (C=O) groups is 1. The molecule has 0 spiro atoms. The first-order valence-electron chi connectivity index (χ1n) is 4.94. The number of thiazole rings is 1. The lowest BCUT2D eigenvalue weighted by atomic mass is 10.2. The van der Waals surface area contributed by atoms with E-state index in [4.69, 9.17) is 5.11 Å². The van der Waals surface area contributed by atoms with Crippen molar-refractivity contribution in [2.45, 2.75) is 6.92 Å². The largest absolute Gasteiger partial charge is 0.476 e. The second-order valence-electron chi connectivity index (χ2n) is 3.54. The smallest absolute Gasteiger partial charge is 0.355 e. The van der Waals surface area contributed by atoms with Gasteiger partial charge in [0.05, 0.1) is 4.92 Å². The number of non-ortho nitro benzene ring substituents is 1. The molecule has 0 amide bonds. The maximum atomic E-state index is 10.9. The molecule has 0 fully saturated rings. The summed E-state index contributed by atoms with van der Waals surface area (Å²) in [5.74, 6) is -1.10. The third kappa shape index (κ3) is 2.21. The molecule has 2 aromatic rings. The van der Waals surface area contributed by atoms with Crippen LogP contribution in [0.3, 0.4) is 0 Å². The second-order valence-corrected chi connectivity index (χ2v) is 4.74. The van der Waals surface area contributed by atoms with E-state index in [9.17, 15) is 14.9 Å². The van der Waals surface area contributed by atoms with E-state index in [1.54, 1.807) is 19.1 Å². The molecule has 0 bridgehead atoms. The van der Waals surface area contributed by atoms with Crippen LogP contribution < -0.4 is 0 Å². The van der Waals surface area contributed by atoms with E-state index in [1.165, 1.54) is 23.5 Å². The maximum Gasteiger partial charge on any atom is 0.355 e. The number of aromatic carboxylic acids is 1. The summed E-state index contributed by atoms with van der Waals surface area (Å²) in [6, 6.07) is 5.97. The van der Waals surface area contributed by atoms with Crippen LogP contribution in [0, 0.1) is 17.0 Å². The fourth-order valence-corrected chi connectivity index (χ4v) is 2.37. The number of carboxylic acid groups (broad SMARTS) is 1. The second kappa shape index (κ2) is 4.53. The first-order chi connectivity index (χ1) is 8.49. The molecule has 0 aliphatic heterocycles. The molecule has 0 aliphatic carbocycles. The van der Waals surface area contributed by atoms with Gasteiger partial charge in [-0.15, -0.1) is 11.3 Å². The molecule has 0 unspecified atom stereocenters.